The van der Waals surface area contributed by atoms with Gasteiger partial charge in [-0.25, -0.2) is 0 Å². The lowest BCUT2D eigenvalue weighted by Gasteiger charge is -2.30. The molecule has 1 aliphatic rings. The van der Waals surface area contributed by atoms with Crippen LogP contribution in [0.15, 0.2) is 24.3 Å². The molecule has 1 aromatic carbocycles. The Morgan fingerprint density at radius 3 is 2.74 bits per heavy atom. The van der Waals surface area contributed by atoms with Gasteiger partial charge in [-0.05, 0) is 18.6 Å². The van der Waals surface area contributed by atoms with Gasteiger partial charge in [-0.3, -0.25) is 19.7 Å². The Morgan fingerprint density at radius 2 is 2.17 bits per heavy atom. The van der Waals surface area contributed by atoms with E-state index in [9.17, 15) is 25.0 Å². The van der Waals surface area contributed by atoms with Crippen LogP contribution in [-0.4, -0.2) is 29.4 Å². The first kappa shape index (κ1) is 16.4. The second kappa shape index (κ2) is 6.04. The third-order valence-electron chi connectivity index (χ3n) is 4.08. The largest absolute Gasteiger partial charge is 0.465 e. The molecule has 2 rings (SSSR count). The van der Waals surface area contributed by atoms with E-state index in [1.165, 1.54) is 13.0 Å². The molecule has 1 aliphatic heterocycles. The first-order valence-corrected chi connectivity index (χ1v) is 7.01. The van der Waals surface area contributed by atoms with Crippen molar-refractivity contribution in [3.8, 4) is 6.07 Å². The van der Waals surface area contributed by atoms with Crippen LogP contribution in [0.5, 0.6) is 0 Å². The minimum Gasteiger partial charge on any atom is -0.465 e. The summed E-state index contributed by atoms with van der Waals surface area (Å²) >= 11 is 0. The fourth-order valence-electron chi connectivity index (χ4n) is 2.98. The van der Waals surface area contributed by atoms with Gasteiger partial charge in [0.25, 0.3) is 0 Å². The van der Waals surface area contributed by atoms with Gasteiger partial charge in [0.05, 0.1) is 12.7 Å². The standard InChI is InChI=1S/C15H15N3O5/c1-3-23-13(19)11(8-16)15(9(2)18(21)22)10-6-4-5-7-12(10)17-14(15)20/h4-7,9,11H,3H2,1-2H3,(H,17,20)/t9?,11-,15-/m1/s1. The van der Waals surface area contributed by atoms with E-state index >= 15 is 0 Å². The number of nitrogens with zero attached hydrogens (tertiary/aromatic N) is 2. The molecule has 0 aromatic heterocycles. The fourth-order valence-corrected chi connectivity index (χ4v) is 2.98. The number of esters is 1. The summed E-state index contributed by atoms with van der Waals surface area (Å²) in [6.07, 6.45) is 0. The van der Waals surface area contributed by atoms with Gasteiger partial charge >= 0.3 is 5.97 Å². The Bertz CT molecular complexity index is 711. The van der Waals surface area contributed by atoms with Crippen molar-refractivity contribution in [1.82, 2.24) is 0 Å². The normalized spacial score (nSPS) is 21.5. The number of rotatable bonds is 5. The molecule has 1 heterocycles. The zero-order valence-corrected chi connectivity index (χ0v) is 12.6. The van der Waals surface area contributed by atoms with Gasteiger partial charge in [-0.15, -0.1) is 0 Å². The average Bonchev–Trinajstić information content (AvgIpc) is 2.81. The highest BCUT2D eigenvalue weighted by atomic mass is 16.6. The number of carbonyl (C=O) groups excluding carboxylic acids is 2. The molecule has 0 aliphatic carbocycles. The maximum atomic E-state index is 12.6. The minimum atomic E-state index is -1.93. The van der Waals surface area contributed by atoms with Crippen LogP contribution in [0.2, 0.25) is 0 Å². The van der Waals surface area contributed by atoms with Crippen LogP contribution in [0, 0.1) is 27.4 Å². The number of amides is 1. The number of hydrogen-bond donors (Lipinski definition) is 1. The van der Waals surface area contributed by atoms with E-state index in [1.807, 2.05) is 0 Å². The molecule has 1 N–H and O–H groups in total. The Kier molecular flexibility index (Phi) is 4.31. The average molecular weight is 317 g/mol. The van der Waals surface area contributed by atoms with Gasteiger partial charge < -0.3 is 10.1 Å². The van der Waals surface area contributed by atoms with Crippen LogP contribution >= 0.6 is 0 Å². The molecule has 8 nitrogen and oxygen atoms in total. The van der Waals surface area contributed by atoms with Crippen LogP contribution < -0.4 is 5.32 Å². The molecule has 23 heavy (non-hydrogen) atoms. The fraction of sp³-hybridized carbons (Fsp3) is 0.400. The first-order chi connectivity index (χ1) is 10.9. The van der Waals surface area contributed by atoms with Crippen LogP contribution in [0.4, 0.5) is 5.69 Å². The number of ether oxygens (including phenoxy) is 1. The van der Waals surface area contributed by atoms with Crippen molar-refractivity contribution < 1.29 is 19.2 Å². The topological polar surface area (TPSA) is 122 Å². The number of benzene rings is 1. The van der Waals surface area contributed by atoms with Crippen LogP contribution in [0.3, 0.4) is 0 Å². The highest BCUT2D eigenvalue weighted by molar-refractivity contribution is 6.09. The van der Waals surface area contributed by atoms with Gasteiger partial charge in [0.15, 0.2) is 11.3 Å². The van der Waals surface area contributed by atoms with Crippen LogP contribution in [-0.2, 0) is 19.7 Å². The van der Waals surface area contributed by atoms with Crippen molar-refractivity contribution in [3.05, 3.63) is 39.9 Å². The lowest BCUT2D eigenvalue weighted by molar-refractivity contribution is -0.528. The first-order valence-electron chi connectivity index (χ1n) is 7.01. The van der Waals surface area contributed by atoms with E-state index in [0.29, 0.717) is 5.69 Å². The molecular weight excluding hydrogens is 302 g/mol. The molecule has 8 heteroatoms. The Labute approximate surface area is 132 Å². The summed E-state index contributed by atoms with van der Waals surface area (Å²) in [6, 6.07) is 6.58. The highest BCUT2D eigenvalue weighted by Gasteiger charge is 2.64. The second-order valence-corrected chi connectivity index (χ2v) is 5.14. The van der Waals surface area contributed by atoms with Crippen molar-refractivity contribution in [2.75, 3.05) is 11.9 Å². The molecular formula is C15H15N3O5. The summed E-state index contributed by atoms with van der Waals surface area (Å²) < 4.78 is 4.86. The van der Waals surface area contributed by atoms with Gasteiger partial charge in [-0.1, -0.05) is 18.2 Å². The SMILES string of the molecule is CCOC(=O)[C@@H](C#N)[C@]1(C(C)[N+](=O)[O-])C(=O)Nc2ccccc21. The molecule has 3 atom stereocenters. The highest BCUT2D eigenvalue weighted by Crippen LogP contribution is 2.46. The Hall–Kier alpha value is -2.95. The van der Waals surface area contributed by atoms with Crippen molar-refractivity contribution in [1.29, 1.82) is 5.26 Å². The van der Waals surface area contributed by atoms with Gasteiger partial charge in [-0.2, -0.15) is 5.26 Å². The summed E-state index contributed by atoms with van der Waals surface area (Å²) in [5.41, 5.74) is -1.31. The number of hydrogen-bond acceptors (Lipinski definition) is 6. The molecule has 0 saturated carbocycles. The lowest BCUT2D eigenvalue weighted by atomic mass is 9.67. The summed E-state index contributed by atoms with van der Waals surface area (Å²) in [5, 5.41) is 23.4. The van der Waals surface area contributed by atoms with E-state index in [1.54, 1.807) is 31.2 Å². The summed E-state index contributed by atoms with van der Waals surface area (Å²) in [6.45, 7) is 2.77. The van der Waals surface area contributed by atoms with Gasteiger partial charge in [0, 0.05) is 17.5 Å². The number of anilines is 1. The maximum absolute atomic E-state index is 12.6. The molecule has 1 amide bonds. The number of nitro groups is 1. The third kappa shape index (κ3) is 2.30. The Balaban J connectivity index is 2.73. The summed E-state index contributed by atoms with van der Waals surface area (Å²) in [4.78, 5) is 35.6. The van der Waals surface area contributed by atoms with E-state index in [4.69, 9.17) is 4.74 Å². The number of para-hydroxylation sites is 1. The van der Waals surface area contributed by atoms with Crippen molar-refractivity contribution in [2.45, 2.75) is 25.3 Å². The summed E-state index contributed by atoms with van der Waals surface area (Å²) in [7, 11) is 0. The van der Waals surface area contributed by atoms with Gasteiger partial charge in [0.1, 0.15) is 0 Å². The predicted molar refractivity (Wildman–Crippen MR) is 78.9 cm³/mol. The summed E-state index contributed by atoms with van der Waals surface area (Å²) in [5.74, 6) is -3.32. The lowest BCUT2D eigenvalue weighted by Crippen LogP contribution is -2.55. The molecule has 0 spiro atoms. The Morgan fingerprint density at radius 1 is 1.52 bits per heavy atom. The zero-order chi connectivity index (χ0) is 17.2. The maximum Gasteiger partial charge on any atom is 0.325 e. The number of nitriles is 1. The zero-order valence-electron chi connectivity index (χ0n) is 12.6. The van der Waals surface area contributed by atoms with Crippen molar-refractivity contribution >= 4 is 17.6 Å². The molecule has 0 bridgehead atoms. The quantitative estimate of drug-likeness (QED) is 0.495. The van der Waals surface area contributed by atoms with E-state index in [0.717, 1.165) is 0 Å². The molecule has 0 fully saturated rings. The molecule has 1 aromatic rings. The monoisotopic (exact) mass is 317 g/mol. The predicted octanol–water partition coefficient (Wildman–Crippen LogP) is 1.24. The smallest absolute Gasteiger partial charge is 0.325 e. The van der Waals surface area contributed by atoms with Gasteiger partial charge in [0.2, 0.25) is 11.9 Å². The molecule has 120 valence electrons. The van der Waals surface area contributed by atoms with E-state index < -0.39 is 34.2 Å². The van der Waals surface area contributed by atoms with Crippen molar-refractivity contribution in [2.24, 2.45) is 5.92 Å². The molecule has 0 radical (unpaired) electrons. The third-order valence-corrected chi connectivity index (χ3v) is 4.08. The number of fused-ring (bicyclic) bond motifs is 1. The van der Waals surface area contributed by atoms with Crippen LogP contribution in [0.25, 0.3) is 0 Å². The van der Waals surface area contributed by atoms with E-state index in [2.05, 4.69) is 5.32 Å². The molecule has 0 saturated heterocycles. The second-order valence-electron chi connectivity index (χ2n) is 5.14. The number of nitrogens with one attached hydrogen (secondary N) is 1. The number of carbonyl (C=O) groups is 2. The van der Waals surface area contributed by atoms with E-state index in [-0.39, 0.29) is 12.2 Å². The van der Waals surface area contributed by atoms with Crippen molar-refractivity contribution in [3.63, 3.8) is 0 Å². The van der Waals surface area contributed by atoms with Crippen LogP contribution in [0.1, 0.15) is 19.4 Å². The minimum absolute atomic E-state index is 0.00318. The molecule has 1 unspecified atom stereocenters.